The Morgan fingerprint density at radius 1 is 0.489 bits per heavy atom. The van der Waals surface area contributed by atoms with Crippen LogP contribution in [0, 0.1) is 0 Å². The van der Waals surface area contributed by atoms with Crippen LogP contribution in [0.2, 0.25) is 0 Å². The fraction of sp³-hybridized carbons (Fsp3) is 0.130. The van der Waals surface area contributed by atoms with Gasteiger partial charge in [0.2, 0.25) is 0 Å². The quantitative estimate of drug-likeness (QED) is 0.174. The van der Waals surface area contributed by atoms with E-state index in [1.807, 2.05) is 0 Å². The Morgan fingerprint density at radius 3 is 1.74 bits per heavy atom. The molecule has 0 unspecified atom stereocenters. The Hall–Kier alpha value is -5.40. The number of hydrogen-bond donors (Lipinski definition) is 0. The molecule has 1 heterocycles. The smallest absolute Gasteiger partial charge is 0.0649 e. The van der Waals surface area contributed by atoms with Gasteiger partial charge < -0.3 is 4.57 Å². The molecule has 224 valence electrons. The maximum Gasteiger partial charge on any atom is 0.0649 e. The summed E-state index contributed by atoms with van der Waals surface area (Å²) in [7, 11) is 0. The number of allylic oxidation sites excluding steroid dienone is 4. The molecule has 1 nitrogen and oxygen atoms in total. The van der Waals surface area contributed by atoms with Crippen molar-refractivity contribution in [3.05, 3.63) is 162 Å². The van der Waals surface area contributed by atoms with Crippen molar-refractivity contribution in [2.45, 2.75) is 38.1 Å². The Bertz CT molecular complexity index is 2660. The van der Waals surface area contributed by atoms with E-state index < -0.39 is 0 Å². The van der Waals surface area contributed by atoms with Crippen molar-refractivity contribution >= 4 is 59.7 Å². The Labute approximate surface area is 275 Å². The van der Waals surface area contributed by atoms with Crippen LogP contribution in [-0.4, -0.2) is 4.57 Å². The normalized spacial score (nSPS) is 18.5. The molecule has 2 aliphatic carbocycles. The van der Waals surface area contributed by atoms with E-state index in [0.29, 0.717) is 0 Å². The van der Waals surface area contributed by atoms with E-state index in [4.69, 9.17) is 0 Å². The summed E-state index contributed by atoms with van der Waals surface area (Å²) >= 11 is 0. The second kappa shape index (κ2) is 9.33. The van der Waals surface area contributed by atoms with Gasteiger partial charge in [0.25, 0.3) is 0 Å². The summed E-state index contributed by atoms with van der Waals surface area (Å²) in [6, 6.07) is 49.8. The average Bonchev–Trinajstić information content (AvgIpc) is 3.56. The van der Waals surface area contributed by atoms with Crippen LogP contribution in [0.4, 0.5) is 0 Å². The average molecular weight is 602 g/mol. The van der Waals surface area contributed by atoms with Gasteiger partial charge in [-0.2, -0.15) is 0 Å². The molecule has 1 aromatic heterocycles. The molecular weight excluding hydrogens is 567 g/mol. The predicted octanol–water partition coefficient (Wildman–Crippen LogP) is 12.3. The zero-order valence-corrected chi connectivity index (χ0v) is 27.0. The molecule has 0 N–H and O–H groups in total. The Morgan fingerprint density at radius 2 is 1.02 bits per heavy atom. The topological polar surface area (TPSA) is 4.93 Å². The van der Waals surface area contributed by atoms with Crippen molar-refractivity contribution in [1.82, 2.24) is 4.57 Å². The number of para-hydroxylation sites is 1. The van der Waals surface area contributed by atoms with Crippen molar-refractivity contribution in [2.24, 2.45) is 0 Å². The summed E-state index contributed by atoms with van der Waals surface area (Å²) in [6.07, 6.45) is 5.87. The monoisotopic (exact) mass is 601 g/mol. The molecule has 0 fully saturated rings. The summed E-state index contributed by atoms with van der Waals surface area (Å²) in [6.45, 7) is 7.17. The standard InChI is InChI=1S/C46H35N/c1-45(2)41-18-10-8-16-36(41)40-28-46(3,25-24-42(40)45)47-43-19-11-9-17-37(43)39-27-30(21-23-44(39)47)29-20-22-35-33-14-5-4-12-31(33)32-13-6-7-15-34(32)38(35)26-29/h4-27H,28H2,1-3H3/t46-/m1/s1. The summed E-state index contributed by atoms with van der Waals surface area (Å²) in [5.41, 5.74) is 10.7. The van der Waals surface area contributed by atoms with Gasteiger partial charge in [-0.3, -0.25) is 0 Å². The molecule has 8 aromatic rings. The maximum absolute atomic E-state index is 2.61. The number of hydrogen-bond acceptors (Lipinski definition) is 0. The second-order valence-electron chi connectivity index (χ2n) is 14.4. The van der Waals surface area contributed by atoms with E-state index in [1.54, 1.807) is 0 Å². The van der Waals surface area contributed by atoms with Gasteiger partial charge in [0.15, 0.2) is 0 Å². The summed E-state index contributed by atoms with van der Waals surface area (Å²) in [5.74, 6) is 0. The predicted molar refractivity (Wildman–Crippen MR) is 201 cm³/mol. The minimum absolute atomic E-state index is 0.0248. The van der Waals surface area contributed by atoms with Gasteiger partial charge in [-0.05, 0) is 96.9 Å². The molecule has 0 spiro atoms. The molecule has 0 bridgehead atoms. The first-order valence-corrected chi connectivity index (χ1v) is 16.8. The lowest BCUT2D eigenvalue weighted by Crippen LogP contribution is -2.30. The first-order valence-electron chi connectivity index (χ1n) is 16.8. The lowest BCUT2D eigenvalue weighted by molar-refractivity contribution is 0.441. The zero-order chi connectivity index (χ0) is 31.5. The van der Waals surface area contributed by atoms with E-state index in [0.717, 1.165) is 6.42 Å². The van der Waals surface area contributed by atoms with E-state index in [-0.39, 0.29) is 11.0 Å². The largest absolute Gasteiger partial charge is 0.331 e. The number of nitrogens with zero attached hydrogens (tertiary/aromatic N) is 1. The van der Waals surface area contributed by atoms with E-state index in [2.05, 4.69) is 171 Å². The van der Waals surface area contributed by atoms with Gasteiger partial charge in [0.05, 0.1) is 5.54 Å². The van der Waals surface area contributed by atoms with Crippen LogP contribution in [0.15, 0.2) is 151 Å². The molecule has 0 saturated carbocycles. The van der Waals surface area contributed by atoms with Gasteiger partial charge in [0, 0.05) is 33.6 Å². The van der Waals surface area contributed by atoms with Gasteiger partial charge in [-0.25, -0.2) is 0 Å². The number of benzene rings is 7. The number of rotatable bonds is 2. The fourth-order valence-electron chi connectivity index (χ4n) is 9.08. The van der Waals surface area contributed by atoms with Crippen molar-refractivity contribution in [3.63, 3.8) is 0 Å². The third kappa shape index (κ3) is 3.60. The summed E-state index contributed by atoms with van der Waals surface area (Å²) in [5, 5.41) is 10.5. The van der Waals surface area contributed by atoms with Crippen LogP contribution in [0.25, 0.3) is 70.8 Å². The maximum atomic E-state index is 2.61. The van der Waals surface area contributed by atoms with Gasteiger partial charge >= 0.3 is 0 Å². The fourth-order valence-corrected chi connectivity index (χ4v) is 9.08. The molecule has 1 heteroatoms. The highest BCUT2D eigenvalue weighted by atomic mass is 15.1. The zero-order valence-electron chi connectivity index (χ0n) is 27.0. The van der Waals surface area contributed by atoms with Gasteiger partial charge in [-0.15, -0.1) is 0 Å². The van der Waals surface area contributed by atoms with Crippen molar-refractivity contribution in [1.29, 1.82) is 0 Å². The molecule has 0 amide bonds. The SMILES string of the molecule is CC1(C)C2=C(C[C@](C)(n3c4ccccc4c4cc(-c5ccc6c7ccccc7c7ccccc7c6c5)ccc43)C=C2)c2ccccc21. The third-order valence-corrected chi connectivity index (χ3v) is 11.3. The van der Waals surface area contributed by atoms with Crippen molar-refractivity contribution in [2.75, 3.05) is 0 Å². The van der Waals surface area contributed by atoms with Crippen LogP contribution in [-0.2, 0) is 11.0 Å². The molecule has 2 aliphatic rings. The first-order chi connectivity index (χ1) is 22.9. The highest BCUT2D eigenvalue weighted by molar-refractivity contribution is 6.25. The molecule has 7 aromatic carbocycles. The van der Waals surface area contributed by atoms with E-state index in [1.165, 1.54) is 87.5 Å². The van der Waals surface area contributed by atoms with Crippen LogP contribution in [0.3, 0.4) is 0 Å². The Balaban J connectivity index is 1.15. The minimum atomic E-state index is -0.196. The molecule has 47 heavy (non-hydrogen) atoms. The lowest BCUT2D eigenvalue weighted by Gasteiger charge is -2.35. The van der Waals surface area contributed by atoms with Crippen LogP contribution in [0.1, 0.15) is 38.3 Å². The van der Waals surface area contributed by atoms with Crippen LogP contribution in [0.5, 0.6) is 0 Å². The molecular formula is C46H35N. The summed E-state index contributed by atoms with van der Waals surface area (Å²) in [4.78, 5) is 0. The van der Waals surface area contributed by atoms with E-state index >= 15 is 0 Å². The molecule has 0 radical (unpaired) electrons. The van der Waals surface area contributed by atoms with Gasteiger partial charge in [0.1, 0.15) is 0 Å². The van der Waals surface area contributed by atoms with Crippen LogP contribution >= 0.6 is 0 Å². The minimum Gasteiger partial charge on any atom is -0.331 e. The summed E-state index contributed by atoms with van der Waals surface area (Å²) < 4.78 is 2.61. The van der Waals surface area contributed by atoms with Crippen LogP contribution < -0.4 is 0 Å². The third-order valence-electron chi connectivity index (χ3n) is 11.3. The van der Waals surface area contributed by atoms with Crippen molar-refractivity contribution < 1.29 is 0 Å². The lowest BCUT2D eigenvalue weighted by atomic mass is 9.77. The highest BCUT2D eigenvalue weighted by Crippen LogP contribution is 2.53. The van der Waals surface area contributed by atoms with Crippen molar-refractivity contribution in [3.8, 4) is 11.1 Å². The number of aromatic nitrogens is 1. The molecule has 0 saturated heterocycles. The molecule has 0 aliphatic heterocycles. The first kappa shape index (κ1) is 26.8. The highest BCUT2D eigenvalue weighted by Gasteiger charge is 2.42. The van der Waals surface area contributed by atoms with E-state index in [9.17, 15) is 0 Å². The van der Waals surface area contributed by atoms with Gasteiger partial charge in [-0.1, -0.05) is 135 Å². The molecule has 10 rings (SSSR count). The second-order valence-corrected chi connectivity index (χ2v) is 14.4. The number of fused-ring (bicyclic) bond motifs is 11. The molecule has 1 atom stereocenters. The Kier molecular flexibility index (Phi) is 5.32.